The predicted octanol–water partition coefficient (Wildman–Crippen LogP) is 2.21. The molecular formula is C11H13N3OS2. The van der Waals surface area contributed by atoms with E-state index in [-0.39, 0.29) is 18.4 Å². The quantitative estimate of drug-likeness (QED) is 0.892. The minimum atomic E-state index is -0.0333. The lowest BCUT2D eigenvalue weighted by molar-refractivity contribution is -0.121. The van der Waals surface area contributed by atoms with Crippen LogP contribution in [0.3, 0.4) is 0 Å². The minimum Gasteiger partial charge on any atom is -0.375 e. The van der Waals surface area contributed by atoms with Gasteiger partial charge in [-0.05, 0) is 29.3 Å². The molecular weight excluding hydrogens is 254 g/mol. The van der Waals surface area contributed by atoms with Crippen molar-refractivity contribution in [1.82, 2.24) is 10.3 Å². The molecule has 0 fully saturated rings. The van der Waals surface area contributed by atoms with Crippen LogP contribution in [0.2, 0.25) is 0 Å². The van der Waals surface area contributed by atoms with Gasteiger partial charge in [-0.15, -0.1) is 11.3 Å². The van der Waals surface area contributed by atoms with Gasteiger partial charge in [0.25, 0.3) is 0 Å². The number of rotatable bonds is 4. The SMILES string of the molecule is CC(NC(=O)Cc1csc(N)n1)c1ccsc1. The van der Waals surface area contributed by atoms with Gasteiger partial charge in [0.1, 0.15) is 0 Å². The van der Waals surface area contributed by atoms with Gasteiger partial charge in [-0.3, -0.25) is 4.79 Å². The highest BCUT2D eigenvalue weighted by Crippen LogP contribution is 2.16. The van der Waals surface area contributed by atoms with Crippen LogP contribution in [0, 0.1) is 0 Å². The summed E-state index contributed by atoms with van der Waals surface area (Å²) in [6.07, 6.45) is 0.280. The Labute approximate surface area is 107 Å². The summed E-state index contributed by atoms with van der Waals surface area (Å²) in [5.41, 5.74) is 7.36. The standard InChI is InChI=1S/C11H13N3OS2/c1-7(8-2-3-16-5-8)13-10(15)4-9-6-17-11(12)14-9/h2-3,5-7H,4H2,1H3,(H2,12,14)(H,13,15). The van der Waals surface area contributed by atoms with Gasteiger partial charge in [0.15, 0.2) is 5.13 Å². The molecule has 2 aromatic rings. The second-order valence-electron chi connectivity index (χ2n) is 3.70. The maximum absolute atomic E-state index is 11.7. The third-order valence-electron chi connectivity index (χ3n) is 2.33. The van der Waals surface area contributed by atoms with E-state index in [2.05, 4.69) is 10.3 Å². The number of anilines is 1. The Hall–Kier alpha value is -1.40. The molecule has 0 spiro atoms. The lowest BCUT2D eigenvalue weighted by Crippen LogP contribution is -2.27. The number of carbonyl (C=O) groups excluding carboxylic acids is 1. The van der Waals surface area contributed by atoms with E-state index < -0.39 is 0 Å². The molecule has 17 heavy (non-hydrogen) atoms. The number of carbonyl (C=O) groups is 1. The third-order valence-corrected chi connectivity index (χ3v) is 3.76. The van der Waals surface area contributed by atoms with Crippen molar-refractivity contribution in [3.05, 3.63) is 33.5 Å². The molecule has 90 valence electrons. The lowest BCUT2D eigenvalue weighted by Gasteiger charge is -2.11. The van der Waals surface area contributed by atoms with E-state index in [1.54, 1.807) is 11.3 Å². The van der Waals surface area contributed by atoms with Gasteiger partial charge in [-0.25, -0.2) is 4.98 Å². The molecule has 2 aromatic heterocycles. The van der Waals surface area contributed by atoms with E-state index in [4.69, 9.17) is 5.73 Å². The number of hydrogen-bond donors (Lipinski definition) is 2. The summed E-state index contributed by atoms with van der Waals surface area (Å²) in [4.78, 5) is 15.8. The molecule has 6 heteroatoms. The summed E-state index contributed by atoms with van der Waals surface area (Å²) >= 11 is 2.98. The maximum Gasteiger partial charge on any atom is 0.226 e. The number of aromatic nitrogens is 1. The molecule has 3 N–H and O–H groups in total. The molecule has 1 atom stereocenters. The summed E-state index contributed by atoms with van der Waals surface area (Å²) in [6.45, 7) is 1.97. The van der Waals surface area contributed by atoms with Gasteiger partial charge in [-0.1, -0.05) is 0 Å². The molecule has 0 radical (unpaired) electrons. The van der Waals surface area contributed by atoms with Gasteiger partial charge in [0, 0.05) is 5.38 Å². The van der Waals surface area contributed by atoms with Crippen LogP contribution in [0.4, 0.5) is 5.13 Å². The summed E-state index contributed by atoms with van der Waals surface area (Å²) < 4.78 is 0. The van der Waals surface area contributed by atoms with E-state index in [0.717, 1.165) is 11.3 Å². The van der Waals surface area contributed by atoms with Crippen LogP contribution in [0.1, 0.15) is 24.2 Å². The van der Waals surface area contributed by atoms with Crippen LogP contribution < -0.4 is 11.1 Å². The number of thiophene rings is 1. The van der Waals surface area contributed by atoms with Crippen LogP contribution in [-0.4, -0.2) is 10.9 Å². The molecule has 0 aliphatic heterocycles. The van der Waals surface area contributed by atoms with Crippen LogP contribution in [-0.2, 0) is 11.2 Å². The summed E-state index contributed by atoms with van der Waals surface area (Å²) in [7, 11) is 0. The number of nitrogens with one attached hydrogen (secondary N) is 1. The number of nitrogens with zero attached hydrogens (tertiary/aromatic N) is 1. The second kappa shape index (κ2) is 5.29. The average Bonchev–Trinajstić information content (AvgIpc) is 2.89. The molecule has 0 bridgehead atoms. The fraction of sp³-hybridized carbons (Fsp3) is 0.273. The first-order valence-electron chi connectivity index (χ1n) is 5.16. The largest absolute Gasteiger partial charge is 0.375 e. The first-order valence-corrected chi connectivity index (χ1v) is 6.98. The first kappa shape index (κ1) is 12.1. The molecule has 0 aromatic carbocycles. The van der Waals surface area contributed by atoms with Gasteiger partial charge in [-0.2, -0.15) is 11.3 Å². The molecule has 0 saturated carbocycles. The maximum atomic E-state index is 11.7. The number of hydrogen-bond acceptors (Lipinski definition) is 5. The average molecular weight is 267 g/mol. The minimum absolute atomic E-state index is 0.0322. The van der Waals surface area contributed by atoms with Crippen molar-refractivity contribution < 1.29 is 4.79 Å². The van der Waals surface area contributed by atoms with Crippen LogP contribution in [0.15, 0.2) is 22.2 Å². The predicted molar refractivity (Wildman–Crippen MR) is 71.1 cm³/mol. The molecule has 4 nitrogen and oxygen atoms in total. The zero-order chi connectivity index (χ0) is 12.3. The highest BCUT2D eigenvalue weighted by atomic mass is 32.1. The van der Waals surface area contributed by atoms with Crippen molar-refractivity contribution in [2.24, 2.45) is 0 Å². The first-order chi connectivity index (χ1) is 8.15. The number of nitrogens with two attached hydrogens (primary N) is 1. The van der Waals surface area contributed by atoms with Gasteiger partial charge >= 0.3 is 0 Å². The van der Waals surface area contributed by atoms with Crippen molar-refractivity contribution in [1.29, 1.82) is 0 Å². The lowest BCUT2D eigenvalue weighted by atomic mass is 10.2. The van der Waals surface area contributed by atoms with Crippen molar-refractivity contribution in [2.75, 3.05) is 5.73 Å². The molecule has 0 aliphatic rings. The highest BCUT2D eigenvalue weighted by molar-refractivity contribution is 7.13. The van der Waals surface area contributed by atoms with Gasteiger partial charge in [0.05, 0.1) is 18.2 Å². The number of nitrogen functional groups attached to an aromatic ring is 1. The van der Waals surface area contributed by atoms with Gasteiger partial charge < -0.3 is 11.1 Å². The fourth-order valence-electron chi connectivity index (χ4n) is 1.47. The molecule has 1 amide bonds. The van der Waals surface area contributed by atoms with E-state index in [1.807, 2.05) is 29.1 Å². The molecule has 2 rings (SSSR count). The Morgan fingerprint density at radius 3 is 3.00 bits per heavy atom. The summed E-state index contributed by atoms with van der Waals surface area (Å²) in [5, 5.41) is 9.27. The summed E-state index contributed by atoms with van der Waals surface area (Å²) in [5.74, 6) is -0.0333. The monoisotopic (exact) mass is 267 g/mol. The highest BCUT2D eigenvalue weighted by Gasteiger charge is 2.11. The molecule has 1 unspecified atom stereocenters. The Morgan fingerprint density at radius 1 is 1.59 bits per heavy atom. The molecule has 0 aliphatic carbocycles. The van der Waals surface area contributed by atoms with Crippen LogP contribution in [0.5, 0.6) is 0 Å². The Balaban J connectivity index is 1.89. The van der Waals surface area contributed by atoms with Crippen molar-refractivity contribution in [3.63, 3.8) is 0 Å². The Morgan fingerprint density at radius 2 is 2.41 bits per heavy atom. The van der Waals surface area contributed by atoms with Gasteiger partial charge in [0.2, 0.25) is 5.91 Å². The third kappa shape index (κ3) is 3.28. The smallest absolute Gasteiger partial charge is 0.226 e. The Kier molecular flexibility index (Phi) is 3.75. The number of amides is 1. The Bertz CT molecular complexity index is 493. The molecule has 2 heterocycles. The van der Waals surface area contributed by atoms with Crippen molar-refractivity contribution >= 4 is 33.7 Å². The fourth-order valence-corrected chi connectivity index (χ4v) is 2.78. The van der Waals surface area contributed by atoms with E-state index in [0.29, 0.717) is 5.13 Å². The van der Waals surface area contributed by atoms with Crippen molar-refractivity contribution in [3.8, 4) is 0 Å². The topological polar surface area (TPSA) is 68.0 Å². The van der Waals surface area contributed by atoms with Crippen LogP contribution in [0.25, 0.3) is 0 Å². The van der Waals surface area contributed by atoms with Crippen LogP contribution >= 0.6 is 22.7 Å². The second-order valence-corrected chi connectivity index (χ2v) is 5.37. The molecule has 0 saturated heterocycles. The summed E-state index contributed by atoms with van der Waals surface area (Å²) in [6, 6.07) is 2.04. The van der Waals surface area contributed by atoms with E-state index in [1.165, 1.54) is 11.3 Å². The normalized spacial score (nSPS) is 12.3. The number of thiazole rings is 1. The zero-order valence-electron chi connectivity index (χ0n) is 9.34. The van der Waals surface area contributed by atoms with Crippen molar-refractivity contribution in [2.45, 2.75) is 19.4 Å². The van der Waals surface area contributed by atoms with E-state index in [9.17, 15) is 4.79 Å². The van der Waals surface area contributed by atoms with E-state index >= 15 is 0 Å². The zero-order valence-corrected chi connectivity index (χ0v) is 11.0.